The minimum absolute atomic E-state index is 0.0668. The monoisotopic (exact) mass is 394 g/mol. The number of aromatic nitrogens is 3. The highest BCUT2D eigenvalue weighted by Crippen LogP contribution is 2.32. The Morgan fingerprint density at radius 1 is 1.28 bits per heavy atom. The fourth-order valence-electron chi connectivity index (χ4n) is 4.24. The molecule has 1 N–H and O–H groups in total. The molecule has 3 aromatic rings. The van der Waals surface area contributed by atoms with Gasteiger partial charge in [-0.25, -0.2) is 4.98 Å². The van der Waals surface area contributed by atoms with Crippen LogP contribution in [0.15, 0.2) is 30.3 Å². The topological polar surface area (TPSA) is 60.7 Å². The highest BCUT2D eigenvalue weighted by molar-refractivity contribution is 5.57. The predicted molar refractivity (Wildman–Crippen MR) is 115 cm³/mol. The van der Waals surface area contributed by atoms with Crippen LogP contribution in [0.3, 0.4) is 0 Å². The Bertz CT molecular complexity index is 992. The van der Waals surface area contributed by atoms with Gasteiger partial charge in [-0.2, -0.15) is 9.61 Å². The number of aryl methyl sites for hydroxylation is 1. The molecule has 1 atom stereocenters. The largest absolute Gasteiger partial charge is 0.496 e. The molecule has 6 heteroatoms. The lowest BCUT2D eigenvalue weighted by atomic mass is 9.97. The van der Waals surface area contributed by atoms with Crippen LogP contribution in [-0.4, -0.2) is 34.9 Å². The highest BCUT2D eigenvalue weighted by Gasteiger charge is 2.22. The van der Waals surface area contributed by atoms with Crippen molar-refractivity contribution in [2.75, 3.05) is 25.6 Å². The molecule has 0 aliphatic carbocycles. The van der Waals surface area contributed by atoms with Gasteiger partial charge in [-0.1, -0.05) is 25.1 Å². The van der Waals surface area contributed by atoms with Crippen molar-refractivity contribution in [3.8, 4) is 5.75 Å². The number of nitrogens with zero attached hydrogens (tertiary/aromatic N) is 3. The van der Waals surface area contributed by atoms with Crippen LogP contribution < -0.4 is 10.1 Å². The van der Waals surface area contributed by atoms with E-state index in [1.54, 1.807) is 7.11 Å². The third-order valence-corrected chi connectivity index (χ3v) is 5.88. The van der Waals surface area contributed by atoms with Crippen molar-refractivity contribution in [3.63, 3.8) is 0 Å². The smallest absolute Gasteiger partial charge is 0.157 e. The SMILES string of the molecule is CCc1c(C)nc2cc(C3CCOCC3)nn2c1N[C@@H](C)c1ccccc1OC. The summed E-state index contributed by atoms with van der Waals surface area (Å²) in [6.45, 7) is 8.01. The molecule has 29 heavy (non-hydrogen) atoms. The van der Waals surface area contributed by atoms with Crippen molar-refractivity contribution >= 4 is 11.5 Å². The zero-order chi connectivity index (χ0) is 20.4. The third kappa shape index (κ3) is 3.81. The molecule has 0 unspecified atom stereocenters. The van der Waals surface area contributed by atoms with E-state index in [4.69, 9.17) is 19.6 Å². The summed E-state index contributed by atoms with van der Waals surface area (Å²) in [5, 5.41) is 8.69. The lowest BCUT2D eigenvalue weighted by Crippen LogP contribution is -2.16. The van der Waals surface area contributed by atoms with Crippen molar-refractivity contribution in [1.29, 1.82) is 0 Å². The first kappa shape index (κ1) is 19.7. The number of hydrogen-bond donors (Lipinski definition) is 1. The van der Waals surface area contributed by atoms with Crippen LogP contribution in [0.25, 0.3) is 5.65 Å². The lowest BCUT2D eigenvalue weighted by molar-refractivity contribution is 0.0844. The Morgan fingerprint density at radius 2 is 2.03 bits per heavy atom. The fourth-order valence-corrected chi connectivity index (χ4v) is 4.24. The summed E-state index contributed by atoms with van der Waals surface area (Å²) in [4.78, 5) is 4.84. The van der Waals surface area contributed by atoms with Crippen LogP contribution in [0.2, 0.25) is 0 Å². The van der Waals surface area contributed by atoms with E-state index in [1.807, 2.05) is 22.7 Å². The molecule has 6 nitrogen and oxygen atoms in total. The molecule has 0 amide bonds. The van der Waals surface area contributed by atoms with Gasteiger partial charge in [0, 0.05) is 42.0 Å². The van der Waals surface area contributed by atoms with Crippen LogP contribution in [0.1, 0.15) is 61.2 Å². The molecule has 0 bridgehead atoms. The first-order chi connectivity index (χ1) is 14.1. The lowest BCUT2D eigenvalue weighted by Gasteiger charge is -2.22. The zero-order valence-corrected chi connectivity index (χ0v) is 17.7. The molecule has 1 aromatic carbocycles. The summed E-state index contributed by atoms with van der Waals surface area (Å²) < 4.78 is 13.1. The van der Waals surface area contributed by atoms with Gasteiger partial charge >= 0.3 is 0 Å². The first-order valence-electron chi connectivity index (χ1n) is 10.5. The molecule has 4 rings (SSSR count). The molecule has 3 heterocycles. The molecule has 0 radical (unpaired) electrons. The molecular formula is C23H30N4O2. The van der Waals surface area contributed by atoms with E-state index in [2.05, 4.69) is 38.2 Å². The number of para-hydroxylation sites is 1. The minimum Gasteiger partial charge on any atom is -0.496 e. The van der Waals surface area contributed by atoms with Crippen molar-refractivity contribution in [1.82, 2.24) is 14.6 Å². The van der Waals surface area contributed by atoms with E-state index < -0.39 is 0 Å². The molecule has 2 aromatic heterocycles. The summed E-state index contributed by atoms with van der Waals surface area (Å²) in [6.07, 6.45) is 2.93. The Balaban J connectivity index is 1.75. The van der Waals surface area contributed by atoms with Crippen molar-refractivity contribution in [2.45, 2.75) is 52.0 Å². The average molecular weight is 395 g/mol. The number of benzene rings is 1. The second-order valence-corrected chi connectivity index (χ2v) is 7.71. The van der Waals surface area contributed by atoms with E-state index >= 15 is 0 Å². The summed E-state index contributed by atoms with van der Waals surface area (Å²) in [5.74, 6) is 2.35. The van der Waals surface area contributed by atoms with Crippen LogP contribution in [-0.2, 0) is 11.2 Å². The summed E-state index contributed by atoms with van der Waals surface area (Å²) >= 11 is 0. The number of hydrogen-bond acceptors (Lipinski definition) is 5. The van der Waals surface area contributed by atoms with Crippen molar-refractivity contribution in [2.24, 2.45) is 0 Å². The van der Waals surface area contributed by atoms with Gasteiger partial charge in [-0.05, 0) is 39.2 Å². The highest BCUT2D eigenvalue weighted by atomic mass is 16.5. The summed E-state index contributed by atoms with van der Waals surface area (Å²) in [6, 6.07) is 10.3. The van der Waals surface area contributed by atoms with Gasteiger partial charge in [0.15, 0.2) is 5.65 Å². The van der Waals surface area contributed by atoms with Crippen LogP contribution in [0.4, 0.5) is 5.82 Å². The zero-order valence-electron chi connectivity index (χ0n) is 17.7. The van der Waals surface area contributed by atoms with Crippen LogP contribution >= 0.6 is 0 Å². The number of fused-ring (bicyclic) bond motifs is 1. The predicted octanol–water partition coefficient (Wildman–Crippen LogP) is 4.68. The molecule has 154 valence electrons. The van der Waals surface area contributed by atoms with Crippen LogP contribution in [0.5, 0.6) is 5.75 Å². The van der Waals surface area contributed by atoms with Gasteiger partial charge in [-0.3, -0.25) is 0 Å². The number of methoxy groups -OCH3 is 1. The van der Waals surface area contributed by atoms with Gasteiger partial charge in [0.25, 0.3) is 0 Å². The van der Waals surface area contributed by atoms with E-state index in [0.29, 0.717) is 5.92 Å². The Morgan fingerprint density at radius 3 is 2.76 bits per heavy atom. The Labute approximate surface area is 172 Å². The second-order valence-electron chi connectivity index (χ2n) is 7.71. The normalized spacial score (nSPS) is 16.1. The minimum atomic E-state index is 0.0668. The van der Waals surface area contributed by atoms with E-state index in [1.165, 1.54) is 5.56 Å². The van der Waals surface area contributed by atoms with Gasteiger partial charge < -0.3 is 14.8 Å². The fraction of sp³-hybridized carbons (Fsp3) is 0.478. The van der Waals surface area contributed by atoms with Gasteiger partial charge in [0.2, 0.25) is 0 Å². The van der Waals surface area contributed by atoms with Crippen molar-refractivity contribution in [3.05, 3.63) is 52.8 Å². The third-order valence-electron chi connectivity index (χ3n) is 5.88. The first-order valence-corrected chi connectivity index (χ1v) is 10.5. The molecule has 0 saturated carbocycles. The van der Waals surface area contributed by atoms with E-state index in [-0.39, 0.29) is 6.04 Å². The van der Waals surface area contributed by atoms with Gasteiger partial charge in [-0.15, -0.1) is 0 Å². The van der Waals surface area contributed by atoms with Crippen LogP contribution in [0, 0.1) is 6.92 Å². The van der Waals surface area contributed by atoms with E-state index in [0.717, 1.165) is 66.6 Å². The second kappa shape index (κ2) is 8.41. The molecule has 1 fully saturated rings. The Kier molecular flexibility index (Phi) is 5.72. The number of nitrogens with one attached hydrogen (secondary N) is 1. The maximum Gasteiger partial charge on any atom is 0.157 e. The average Bonchev–Trinajstić information content (AvgIpc) is 3.18. The molecule has 0 spiro atoms. The van der Waals surface area contributed by atoms with E-state index in [9.17, 15) is 0 Å². The number of anilines is 1. The number of rotatable bonds is 6. The molecular weight excluding hydrogens is 364 g/mol. The van der Waals surface area contributed by atoms with Crippen molar-refractivity contribution < 1.29 is 9.47 Å². The Hall–Kier alpha value is -2.60. The summed E-state index contributed by atoms with van der Waals surface area (Å²) in [5.41, 5.74) is 5.38. The quantitative estimate of drug-likeness (QED) is 0.658. The van der Waals surface area contributed by atoms with Gasteiger partial charge in [0.1, 0.15) is 11.6 Å². The number of ether oxygens (including phenoxy) is 2. The maximum atomic E-state index is 5.57. The molecule has 1 aliphatic heterocycles. The maximum absolute atomic E-state index is 5.57. The summed E-state index contributed by atoms with van der Waals surface area (Å²) in [7, 11) is 1.71. The standard InChI is InChI=1S/C23H30N4O2/c1-5-18-15(2)24-22-14-20(17-10-12-29-13-11-17)26-27(22)23(18)25-16(3)19-8-6-7-9-21(19)28-4/h6-9,14,16-17,25H,5,10-13H2,1-4H3/t16-/m0/s1. The molecule has 1 aliphatic rings. The molecule has 1 saturated heterocycles. The van der Waals surface area contributed by atoms with Gasteiger partial charge in [0.05, 0.1) is 18.8 Å².